The molecule has 6 heteroatoms. The number of ketones is 2. The van der Waals surface area contributed by atoms with Crippen molar-refractivity contribution in [3.8, 4) is 6.07 Å². The third-order valence-corrected chi connectivity index (χ3v) is 16.2. The molecule has 0 aromatic heterocycles. The van der Waals surface area contributed by atoms with E-state index in [1.165, 1.54) is 64.2 Å². The lowest BCUT2D eigenvalue weighted by atomic mass is 9.34. The second-order valence-electron chi connectivity index (χ2n) is 19.9. The molecule has 1 unspecified atom stereocenters. The number of rotatable bonds is 3. The fraction of sp³-hybridized carbons (Fsp3) is 0.818. The topological polar surface area (TPSA) is 87.0 Å². The summed E-state index contributed by atoms with van der Waals surface area (Å²) in [6, 6.07) is 2.22. The predicted octanol–water partition coefficient (Wildman–Crippen LogP) is 10.4. The first-order valence-electron chi connectivity index (χ1n) is 20.6. The van der Waals surface area contributed by atoms with Crippen molar-refractivity contribution < 1.29 is 14.4 Å². The molecule has 4 fully saturated rings. The predicted molar refractivity (Wildman–Crippen MR) is 202 cm³/mol. The molecule has 0 aromatic carbocycles. The number of fused-ring (bicyclic) bond motifs is 7. The van der Waals surface area contributed by atoms with Crippen molar-refractivity contribution in [1.82, 2.24) is 5.23 Å². The highest BCUT2D eigenvalue weighted by Crippen LogP contribution is 2.74. The van der Waals surface area contributed by atoms with Gasteiger partial charge in [0.05, 0.1) is 11.0 Å². The molecule has 50 heavy (non-hydrogen) atoms. The lowest BCUT2D eigenvalue weighted by Crippen LogP contribution is -2.66. The van der Waals surface area contributed by atoms with Crippen LogP contribution in [-0.4, -0.2) is 24.9 Å². The third-order valence-electron chi connectivity index (χ3n) is 16.2. The van der Waals surface area contributed by atoms with Gasteiger partial charge in [0.25, 0.3) is 0 Å². The number of hydrogen-bond donors (Lipinski definition) is 1. The molecular formula is C44H66BN2O3. The minimum Gasteiger partial charge on any atom is -0.403 e. The van der Waals surface area contributed by atoms with Gasteiger partial charge in [0.1, 0.15) is 6.07 Å². The van der Waals surface area contributed by atoms with Crippen LogP contribution in [0, 0.1) is 61.6 Å². The van der Waals surface area contributed by atoms with Crippen LogP contribution < -0.4 is 5.23 Å². The summed E-state index contributed by atoms with van der Waals surface area (Å²) in [6.45, 7) is 15.6. The van der Waals surface area contributed by atoms with Gasteiger partial charge in [-0.1, -0.05) is 137 Å². The van der Waals surface area contributed by atoms with Gasteiger partial charge in [-0.3, -0.25) is 14.4 Å². The minimum absolute atomic E-state index is 0.0132. The Bertz CT molecular complexity index is 1460. The van der Waals surface area contributed by atoms with Gasteiger partial charge in [-0.15, -0.1) is 0 Å². The molecule has 273 valence electrons. The molecule has 5 nitrogen and oxygen atoms in total. The first-order chi connectivity index (χ1) is 23.6. The highest BCUT2D eigenvalue weighted by atomic mass is 16.2. The summed E-state index contributed by atoms with van der Waals surface area (Å²) in [5.74, 6) is 0.476. The molecule has 1 N–H and O–H groups in total. The minimum atomic E-state index is -0.673. The van der Waals surface area contributed by atoms with E-state index in [1.807, 2.05) is 26.0 Å². The smallest absolute Gasteiger partial charge is 0.249 e. The number of nitrogens with one attached hydrogen (secondary N) is 1. The Morgan fingerprint density at radius 1 is 0.800 bits per heavy atom. The fourth-order valence-electron chi connectivity index (χ4n) is 12.9. The Morgan fingerprint density at radius 3 is 1.98 bits per heavy atom. The van der Waals surface area contributed by atoms with Gasteiger partial charge in [-0.05, 0) is 84.9 Å². The van der Waals surface area contributed by atoms with Gasteiger partial charge in [-0.25, -0.2) is 0 Å². The zero-order valence-corrected chi connectivity index (χ0v) is 32.6. The van der Waals surface area contributed by atoms with Gasteiger partial charge < -0.3 is 5.23 Å². The number of amides is 1. The van der Waals surface area contributed by atoms with Gasteiger partial charge in [0.2, 0.25) is 13.3 Å². The molecule has 0 aliphatic heterocycles. The summed E-state index contributed by atoms with van der Waals surface area (Å²) in [5.41, 5.74) is -0.913. The molecule has 6 aliphatic carbocycles. The maximum atomic E-state index is 14.9. The number of Topliss-reactive ketones (excluding diaryl/α,β-unsaturated/α-hetero) is 1. The SMILES string of the molecule is CC1(C)CCC2(C(=O)N[B]C3CCCCCCCCCCCC3)CC[C@]3(C)[C@H](C(=O)C=C4[C@@]5(C)C=C(C#N)C(=O)C(C)(C)[C@@H]5CC[C@]43C)[C@@H]2C1. The molecule has 6 rings (SSSR count). The van der Waals surface area contributed by atoms with E-state index in [4.69, 9.17) is 0 Å². The Labute approximate surface area is 304 Å². The molecule has 4 saturated carbocycles. The number of carbonyl (C=O) groups excluding carboxylic acids is 3. The molecule has 1 radical (unpaired) electrons. The summed E-state index contributed by atoms with van der Waals surface area (Å²) in [4.78, 5) is 43.1. The Morgan fingerprint density at radius 2 is 1.38 bits per heavy atom. The molecule has 0 bridgehead atoms. The lowest BCUT2D eigenvalue weighted by Gasteiger charge is -2.69. The number of hydrogen-bond acceptors (Lipinski definition) is 4. The maximum Gasteiger partial charge on any atom is 0.249 e. The van der Waals surface area contributed by atoms with E-state index < -0.39 is 16.2 Å². The molecule has 0 saturated heterocycles. The summed E-state index contributed by atoms with van der Waals surface area (Å²) in [7, 11) is 2.18. The van der Waals surface area contributed by atoms with Crippen LogP contribution >= 0.6 is 0 Å². The van der Waals surface area contributed by atoms with Crippen molar-refractivity contribution >= 4 is 24.9 Å². The zero-order chi connectivity index (χ0) is 36.2. The Hall–Kier alpha value is -2.16. The van der Waals surface area contributed by atoms with Crippen molar-refractivity contribution in [2.45, 2.75) is 176 Å². The second kappa shape index (κ2) is 13.7. The fourth-order valence-corrected chi connectivity index (χ4v) is 12.9. The summed E-state index contributed by atoms with van der Waals surface area (Å²) in [6.07, 6.45) is 25.5. The molecule has 7 atom stereocenters. The van der Waals surface area contributed by atoms with Crippen LogP contribution in [-0.2, 0) is 14.4 Å². The largest absolute Gasteiger partial charge is 0.403 e. The molecular weight excluding hydrogens is 615 g/mol. The van der Waals surface area contributed by atoms with Crippen molar-refractivity contribution in [3.63, 3.8) is 0 Å². The zero-order valence-electron chi connectivity index (χ0n) is 32.6. The van der Waals surface area contributed by atoms with Crippen LogP contribution in [0.3, 0.4) is 0 Å². The molecule has 1 amide bonds. The van der Waals surface area contributed by atoms with Gasteiger partial charge in [0.15, 0.2) is 11.6 Å². The second-order valence-corrected chi connectivity index (χ2v) is 19.9. The Balaban J connectivity index is 1.31. The number of carbonyl (C=O) groups is 3. The average Bonchev–Trinajstić information content (AvgIpc) is 3.08. The monoisotopic (exact) mass is 682 g/mol. The van der Waals surface area contributed by atoms with E-state index in [-0.39, 0.29) is 57.0 Å². The number of nitrogens with zero attached hydrogens (tertiary/aromatic N) is 1. The Kier molecular flexibility index (Phi) is 10.3. The van der Waals surface area contributed by atoms with Crippen molar-refractivity contribution in [2.75, 3.05) is 0 Å². The maximum absolute atomic E-state index is 14.9. The summed E-state index contributed by atoms with van der Waals surface area (Å²) in [5, 5.41) is 13.5. The standard InChI is InChI=1S/C44H66BN2O3/c1-39(2)22-24-44(38(50)47-45-31-18-16-14-12-10-8-9-11-13-15-17-19-31)25-23-43(7)36(32(44)28-39)33(48)26-35-41(5)27-30(29-46)37(49)40(3,4)34(41)20-21-42(35,43)6/h26-27,31-32,34,36H,8-25,28H2,1-7H3,(H,47,50)/t32-,34-,36-,41-,42+,43+,44?/m0/s1. The highest BCUT2D eigenvalue weighted by Gasteiger charge is 2.70. The van der Waals surface area contributed by atoms with Crippen molar-refractivity contribution in [2.24, 2.45) is 50.2 Å². The first kappa shape index (κ1) is 37.6. The number of allylic oxidation sites excluding steroid dienone is 4. The third kappa shape index (κ3) is 6.11. The summed E-state index contributed by atoms with van der Waals surface area (Å²) >= 11 is 0. The van der Waals surface area contributed by atoms with Gasteiger partial charge >= 0.3 is 0 Å². The quantitative estimate of drug-likeness (QED) is 0.300. The van der Waals surface area contributed by atoms with Crippen LogP contribution in [0.2, 0.25) is 5.82 Å². The van der Waals surface area contributed by atoms with Gasteiger partial charge in [-0.2, -0.15) is 5.26 Å². The van der Waals surface area contributed by atoms with Crippen LogP contribution in [0.15, 0.2) is 23.3 Å². The van der Waals surface area contributed by atoms with E-state index in [0.717, 1.165) is 63.4 Å². The van der Waals surface area contributed by atoms with E-state index in [0.29, 0.717) is 5.82 Å². The highest BCUT2D eigenvalue weighted by molar-refractivity contribution is 6.39. The normalized spacial score (nSPS) is 40.7. The van der Waals surface area contributed by atoms with Crippen molar-refractivity contribution in [1.29, 1.82) is 5.26 Å². The van der Waals surface area contributed by atoms with E-state index in [1.54, 1.807) is 0 Å². The molecule has 6 aliphatic rings. The van der Waals surface area contributed by atoms with Crippen LogP contribution in [0.5, 0.6) is 0 Å². The summed E-state index contributed by atoms with van der Waals surface area (Å²) < 4.78 is 0. The molecule has 0 spiro atoms. The van der Waals surface area contributed by atoms with E-state index in [2.05, 4.69) is 53.3 Å². The van der Waals surface area contributed by atoms with Gasteiger partial charge in [0, 0.05) is 16.7 Å². The first-order valence-corrected chi connectivity index (χ1v) is 20.6. The van der Waals surface area contributed by atoms with Crippen molar-refractivity contribution in [3.05, 3.63) is 23.3 Å². The lowest BCUT2D eigenvalue weighted by molar-refractivity contribution is -0.177. The van der Waals surface area contributed by atoms with Crippen LogP contribution in [0.1, 0.15) is 170 Å². The van der Waals surface area contributed by atoms with E-state index >= 15 is 0 Å². The molecule has 0 heterocycles. The van der Waals surface area contributed by atoms with Crippen LogP contribution in [0.25, 0.3) is 0 Å². The molecule has 0 aromatic rings. The van der Waals surface area contributed by atoms with Crippen LogP contribution in [0.4, 0.5) is 0 Å². The van der Waals surface area contributed by atoms with E-state index in [9.17, 15) is 19.6 Å². The average molecular weight is 682 g/mol. The number of nitriles is 1.